The smallest absolute Gasteiger partial charge is 0.265 e. The largest absolute Gasteiger partial charge is 0.496 e. The summed E-state index contributed by atoms with van der Waals surface area (Å²) < 4.78 is 33.5. The number of para-hydroxylation sites is 1. The number of hydrogen-bond acceptors (Lipinski definition) is 5. The molecule has 0 saturated carbocycles. The van der Waals surface area contributed by atoms with Gasteiger partial charge in [-0.1, -0.05) is 48.5 Å². The van der Waals surface area contributed by atoms with Crippen LogP contribution < -0.4 is 4.74 Å². The highest BCUT2D eigenvalue weighted by molar-refractivity contribution is 6.16. The van der Waals surface area contributed by atoms with Gasteiger partial charge in [-0.15, -0.1) is 0 Å². The molecule has 4 aromatic rings. The number of hydrogen-bond donors (Lipinski definition) is 0. The number of carbonyl (C=O) groups is 1. The predicted molar refractivity (Wildman–Crippen MR) is 162 cm³/mol. The summed E-state index contributed by atoms with van der Waals surface area (Å²) in [6.07, 6.45) is 4.49. The Labute approximate surface area is 250 Å². The predicted octanol–water partition coefficient (Wildman–Crippen LogP) is 6.17. The summed E-state index contributed by atoms with van der Waals surface area (Å²) in [6, 6.07) is 25.3. The van der Waals surface area contributed by atoms with Crippen LogP contribution in [0.1, 0.15) is 47.6 Å². The summed E-state index contributed by atoms with van der Waals surface area (Å²) in [6.45, 7) is 3.20. The van der Waals surface area contributed by atoms with Crippen LogP contribution in [0.3, 0.4) is 0 Å². The van der Waals surface area contributed by atoms with Crippen molar-refractivity contribution in [2.45, 2.75) is 30.7 Å². The van der Waals surface area contributed by atoms with Crippen molar-refractivity contribution < 1.29 is 18.3 Å². The van der Waals surface area contributed by atoms with E-state index in [0.29, 0.717) is 35.1 Å². The number of carbonyl (C=O) groups excluding carboxylic acids is 1. The molecule has 3 aromatic carbocycles. The van der Waals surface area contributed by atoms with Crippen LogP contribution in [0.5, 0.6) is 5.75 Å². The second kappa shape index (κ2) is 12.4. The molecule has 6 rings (SSSR count). The molecule has 43 heavy (non-hydrogen) atoms. The van der Waals surface area contributed by atoms with E-state index in [4.69, 9.17) is 9.73 Å². The number of amides is 1. The number of nitrogens with zero attached hydrogens (tertiary/aromatic N) is 4. The first-order chi connectivity index (χ1) is 21.0. The third kappa shape index (κ3) is 5.67. The minimum absolute atomic E-state index is 0.263. The lowest BCUT2D eigenvalue weighted by molar-refractivity contribution is -0.130. The second-order valence-electron chi connectivity index (χ2n) is 11.0. The molecule has 0 radical (unpaired) electrons. The monoisotopic (exact) mass is 580 g/mol. The summed E-state index contributed by atoms with van der Waals surface area (Å²) in [5.41, 5.74) is 1.38. The van der Waals surface area contributed by atoms with E-state index in [9.17, 15) is 13.6 Å². The summed E-state index contributed by atoms with van der Waals surface area (Å²) in [5, 5.41) is 0. The zero-order chi connectivity index (χ0) is 29.8. The fraction of sp³-hybridized carbons (Fsp3) is 0.286. The van der Waals surface area contributed by atoms with Gasteiger partial charge in [0.2, 0.25) is 0 Å². The van der Waals surface area contributed by atoms with Crippen molar-refractivity contribution in [1.29, 1.82) is 0 Å². The zero-order valence-electron chi connectivity index (χ0n) is 24.1. The molecule has 0 bridgehead atoms. The standard InChI is InChI=1S/C35H34F2N4O2/c1-43-32-9-3-2-7-30(32)25-18-23-40(24-19-25)21-6-22-41-33(31-8-4-5-20-38-31)39-35(34(41)42,26-10-14-28(36)15-11-26)27-12-16-29(37)17-13-27/h2-5,7-17,20,25H,6,18-19,21-24H2,1H3. The van der Waals surface area contributed by atoms with Gasteiger partial charge >= 0.3 is 0 Å². The van der Waals surface area contributed by atoms with E-state index in [-0.39, 0.29) is 5.91 Å². The molecule has 0 aliphatic carbocycles. The molecule has 0 unspecified atom stereocenters. The van der Waals surface area contributed by atoms with Gasteiger partial charge in [0.15, 0.2) is 11.4 Å². The summed E-state index contributed by atoms with van der Waals surface area (Å²) in [7, 11) is 1.72. The maximum atomic E-state index is 14.5. The molecule has 1 aromatic heterocycles. The van der Waals surface area contributed by atoms with Crippen molar-refractivity contribution in [3.63, 3.8) is 0 Å². The van der Waals surface area contributed by atoms with Crippen molar-refractivity contribution in [3.8, 4) is 5.75 Å². The number of piperidine rings is 1. The molecule has 2 aliphatic heterocycles. The Morgan fingerprint density at radius 1 is 0.837 bits per heavy atom. The van der Waals surface area contributed by atoms with Crippen LogP contribution in [0.4, 0.5) is 8.78 Å². The number of pyridine rings is 1. The molecule has 2 aliphatic rings. The van der Waals surface area contributed by atoms with Gasteiger partial charge in [-0.2, -0.15) is 0 Å². The number of rotatable bonds is 9. The Kier molecular flexibility index (Phi) is 8.29. The highest BCUT2D eigenvalue weighted by Crippen LogP contribution is 2.41. The number of likely N-dealkylation sites (tertiary alicyclic amines) is 1. The van der Waals surface area contributed by atoms with Crippen molar-refractivity contribution in [3.05, 3.63) is 131 Å². The average molecular weight is 581 g/mol. The van der Waals surface area contributed by atoms with E-state index >= 15 is 0 Å². The number of benzene rings is 3. The van der Waals surface area contributed by atoms with Gasteiger partial charge in [0.1, 0.15) is 23.1 Å². The summed E-state index contributed by atoms with van der Waals surface area (Å²) in [4.78, 5) is 28.2. The number of amidine groups is 1. The van der Waals surface area contributed by atoms with Crippen LogP contribution in [0.25, 0.3) is 0 Å². The van der Waals surface area contributed by atoms with Crippen LogP contribution in [0, 0.1) is 11.6 Å². The minimum atomic E-state index is -1.48. The van der Waals surface area contributed by atoms with E-state index in [2.05, 4.69) is 22.0 Å². The van der Waals surface area contributed by atoms with Crippen LogP contribution in [0.15, 0.2) is 102 Å². The second-order valence-corrected chi connectivity index (χ2v) is 11.0. The molecule has 1 fully saturated rings. The van der Waals surface area contributed by atoms with Crippen LogP contribution in [0.2, 0.25) is 0 Å². The molecule has 0 N–H and O–H groups in total. The van der Waals surface area contributed by atoms with Crippen molar-refractivity contribution in [1.82, 2.24) is 14.8 Å². The van der Waals surface area contributed by atoms with E-state index < -0.39 is 17.2 Å². The molecule has 3 heterocycles. The van der Waals surface area contributed by atoms with Crippen molar-refractivity contribution in [2.24, 2.45) is 4.99 Å². The molecule has 0 atom stereocenters. The first kappa shape index (κ1) is 28.7. The Bertz CT molecular complexity index is 1540. The number of aromatic nitrogens is 1. The van der Waals surface area contributed by atoms with Gasteiger partial charge in [-0.05, 0) is 104 Å². The van der Waals surface area contributed by atoms with Gasteiger partial charge in [-0.3, -0.25) is 14.7 Å². The van der Waals surface area contributed by atoms with Gasteiger partial charge in [-0.25, -0.2) is 13.8 Å². The van der Waals surface area contributed by atoms with Gasteiger partial charge < -0.3 is 9.64 Å². The molecule has 1 saturated heterocycles. The van der Waals surface area contributed by atoms with Crippen molar-refractivity contribution in [2.75, 3.05) is 33.3 Å². The number of methoxy groups -OCH3 is 1. The van der Waals surface area contributed by atoms with E-state index in [1.165, 1.54) is 29.8 Å². The zero-order valence-corrected chi connectivity index (χ0v) is 24.1. The molecule has 220 valence electrons. The number of halogens is 2. The third-order valence-corrected chi connectivity index (χ3v) is 8.52. The topological polar surface area (TPSA) is 58.0 Å². The molecule has 0 spiro atoms. The molecule has 1 amide bonds. The highest BCUT2D eigenvalue weighted by Gasteiger charge is 2.51. The van der Waals surface area contributed by atoms with E-state index in [1.54, 1.807) is 42.5 Å². The van der Waals surface area contributed by atoms with Crippen LogP contribution >= 0.6 is 0 Å². The highest BCUT2D eigenvalue weighted by atomic mass is 19.1. The first-order valence-electron chi connectivity index (χ1n) is 14.7. The Balaban J connectivity index is 1.23. The Hall–Kier alpha value is -4.43. The first-order valence-corrected chi connectivity index (χ1v) is 14.7. The summed E-state index contributed by atoms with van der Waals surface area (Å²) in [5.74, 6) is 0.769. The lowest BCUT2D eigenvalue weighted by Gasteiger charge is -2.33. The lowest BCUT2D eigenvalue weighted by Crippen LogP contribution is -2.43. The third-order valence-electron chi connectivity index (χ3n) is 8.52. The maximum absolute atomic E-state index is 14.5. The molecular formula is C35H34F2N4O2. The molecular weight excluding hydrogens is 546 g/mol. The quantitative estimate of drug-likeness (QED) is 0.238. The molecule has 6 nitrogen and oxygen atoms in total. The van der Waals surface area contributed by atoms with Gasteiger partial charge in [0.25, 0.3) is 5.91 Å². The fourth-order valence-corrected chi connectivity index (χ4v) is 6.31. The van der Waals surface area contributed by atoms with E-state index in [1.807, 2.05) is 30.3 Å². The number of aliphatic imine (C=N–C) groups is 1. The van der Waals surface area contributed by atoms with Crippen molar-refractivity contribution >= 4 is 11.7 Å². The van der Waals surface area contributed by atoms with Crippen LogP contribution in [-0.2, 0) is 10.3 Å². The SMILES string of the molecule is COc1ccccc1C1CCN(CCCN2C(=O)C(c3ccc(F)cc3)(c3ccc(F)cc3)N=C2c2ccccn2)CC1. The maximum Gasteiger partial charge on any atom is 0.265 e. The minimum Gasteiger partial charge on any atom is -0.496 e. The normalized spacial score (nSPS) is 17.2. The van der Waals surface area contributed by atoms with E-state index in [0.717, 1.165) is 44.6 Å². The van der Waals surface area contributed by atoms with Crippen LogP contribution in [-0.4, -0.2) is 59.8 Å². The molecule has 8 heteroatoms. The Morgan fingerprint density at radius 3 is 2.07 bits per heavy atom. The summed E-state index contributed by atoms with van der Waals surface area (Å²) >= 11 is 0. The Morgan fingerprint density at radius 2 is 1.47 bits per heavy atom. The number of ether oxygens (including phenoxy) is 1. The fourth-order valence-electron chi connectivity index (χ4n) is 6.31. The lowest BCUT2D eigenvalue weighted by atomic mass is 9.82. The average Bonchev–Trinajstić information content (AvgIpc) is 3.35. The van der Waals surface area contributed by atoms with Gasteiger partial charge in [0.05, 0.1) is 7.11 Å². The van der Waals surface area contributed by atoms with Gasteiger partial charge in [0, 0.05) is 12.7 Å².